The smallest absolute Gasteiger partial charge is 0.142 e. The number of fused-ring (bicyclic) bond motifs is 1. The standard InChI is InChI=1S/C9H14O2/c1-9-5-7(9)4-6(2-3-10)8(9)11/h6-7,10H,2-5H2,1H3/t6-,7+,9-/m1/s1. The van der Waals surface area contributed by atoms with Crippen LogP contribution in [0.2, 0.25) is 0 Å². The Labute approximate surface area is 66.6 Å². The van der Waals surface area contributed by atoms with Gasteiger partial charge in [0.05, 0.1) is 0 Å². The molecule has 0 aromatic heterocycles. The summed E-state index contributed by atoms with van der Waals surface area (Å²) < 4.78 is 0. The Kier molecular flexibility index (Phi) is 1.37. The molecule has 2 aliphatic carbocycles. The summed E-state index contributed by atoms with van der Waals surface area (Å²) in [5.74, 6) is 1.26. The summed E-state index contributed by atoms with van der Waals surface area (Å²) in [6, 6.07) is 0. The van der Waals surface area contributed by atoms with Crippen LogP contribution in [-0.2, 0) is 4.79 Å². The van der Waals surface area contributed by atoms with Crippen LogP contribution < -0.4 is 0 Å². The third-order valence-corrected chi connectivity index (χ3v) is 3.39. The number of hydrogen-bond donors (Lipinski definition) is 1. The minimum Gasteiger partial charge on any atom is -0.396 e. The number of Topliss-reactive ketones (excluding diaryl/α,β-unsaturated/α-hetero) is 1. The van der Waals surface area contributed by atoms with E-state index in [0.717, 1.165) is 12.8 Å². The number of aliphatic hydroxyl groups excluding tert-OH is 1. The van der Waals surface area contributed by atoms with Gasteiger partial charge in [0.15, 0.2) is 0 Å². The fraction of sp³-hybridized carbons (Fsp3) is 0.889. The van der Waals surface area contributed by atoms with Crippen molar-refractivity contribution in [2.75, 3.05) is 6.61 Å². The molecule has 0 heterocycles. The molecule has 0 aliphatic heterocycles. The first-order valence-corrected chi connectivity index (χ1v) is 4.33. The molecule has 0 amide bonds. The summed E-state index contributed by atoms with van der Waals surface area (Å²) in [6.07, 6.45) is 2.83. The van der Waals surface area contributed by atoms with Crippen LogP contribution >= 0.6 is 0 Å². The van der Waals surface area contributed by atoms with Crippen LogP contribution in [0.25, 0.3) is 0 Å². The van der Waals surface area contributed by atoms with Crippen molar-refractivity contribution in [1.29, 1.82) is 0 Å². The van der Waals surface area contributed by atoms with Crippen molar-refractivity contribution in [2.24, 2.45) is 17.3 Å². The molecule has 2 fully saturated rings. The lowest BCUT2D eigenvalue weighted by atomic mass is 9.95. The van der Waals surface area contributed by atoms with Crippen LogP contribution in [0.15, 0.2) is 0 Å². The van der Waals surface area contributed by atoms with Crippen LogP contribution in [0, 0.1) is 17.3 Å². The van der Waals surface area contributed by atoms with E-state index in [4.69, 9.17) is 5.11 Å². The normalized spacial score (nSPS) is 47.6. The zero-order chi connectivity index (χ0) is 8.06. The Morgan fingerprint density at radius 3 is 2.91 bits per heavy atom. The number of carbonyl (C=O) groups excluding carboxylic acids is 1. The highest BCUT2D eigenvalue weighted by Gasteiger charge is 2.62. The molecule has 0 unspecified atom stereocenters. The lowest BCUT2D eigenvalue weighted by Crippen LogP contribution is -2.17. The van der Waals surface area contributed by atoms with Crippen LogP contribution in [0.5, 0.6) is 0 Å². The quantitative estimate of drug-likeness (QED) is 0.644. The molecule has 2 rings (SSSR count). The summed E-state index contributed by atoms with van der Waals surface area (Å²) in [6.45, 7) is 2.23. The Balaban J connectivity index is 2.04. The van der Waals surface area contributed by atoms with Crippen LogP contribution in [0.3, 0.4) is 0 Å². The summed E-state index contributed by atoms with van der Waals surface area (Å²) in [4.78, 5) is 11.5. The predicted molar refractivity (Wildman–Crippen MR) is 41.0 cm³/mol. The maximum absolute atomic E-state index is 11.5. The van der Waals surface area contributed by atoms with E-state index in [1.807, 2.05) is 0 Å². The van der Waals surface area contributed by atoms with E-state index in [1.54, 1.807) is 0 Å². The van der Waals surface area contributed by atoms with Gasteiger partial charge in [0, 0.05) is 17.9 Å². The molecular weight excluding hydrogens is 140 g/mol. The summed E-state index contributed by atoms with van der Waals surface area (Å²) in [5.41, 5.74) is 0.0415. The topological polar surface area (TPSA) is 37.3 Å². The average Bonchev–Trinajstić information content (AvgIpc) is 2.55. The zero-order valence-electron chi connectivity index (χ0n) is 6.84. The molecule has 0 aromatic carbocycles. The number of aliphatic hydroxyl groups is 1. The molecule has 3 atom stereocenters. The fourth-order valence-electron chi connectivity index (χ4n) is 2.42. The summed E-state index contributed by atoms with van der Waals surface area (Å²) in [7, 11) is 0. The monoisotopic (exact) mass is 154 g/mol. The van der Waals surface area contributed by atoms with Gasteiger partial charge in [0.25, 0.3) is 0 Å². The molecule has 2 nitrogen and oxygen atoms in total. The molecule has 62 valence electrons. The lowest BCUT2D eigenvalue weighted by molar-refractivity contribution is -0.126. The first-order valence-electron chi connectivity index (χ1n) is 4.33. The van der Waals surface area contributed by atoms with Gasteiger partial charge in [-0.3, -0.25) is 4.79 Å². The van der Waals surface area contributed by atoms with Gasteiger partial charge in [-0.15, -0.1) is 0 Å². The van der Waals surface area contributed by atoms with Gasteiger partial charge in [-0.25, -0.2) is 0 Å². The minimum atomic E-state index is 0.0415. The van der Waals surface area contributed by atoms with Crippen LogP contribution in [0.4, 0.5) is 0 Å². The lowest BCUT2D eigenvalue weighted by Gasteiger charge is -2.09. The molecule has 2 saturated carbocycles. The Morgan fingerprint density at radius 2 is 2.45 bits per heavy atom. The van der Waals surface area contributed by atoms with Crippen LogP contribution in [0.1, 0.15) is 26.2 Å². The molecule has 1 N–H and O–H groups in total. The van der Waals surface area contributed by atoms with Crippen molar-refractivity contribution in [3.05, 3.63) is 0 Å². The Hall–Kier alpha value is -0.370. The molecule has 2 heteroatoms. The first-order chi connectivity index (χ1) is 5.18. The summed E-state index contributed by atoms with van der Waals surface area (Å²) in [5, 5.41) is 8.68. The van der Waals surface area contributed by atoms with Crippen molar-refractivity contribution in [3.63, 3.8) is 0 Å². The van der Waals surface area contributed by atoms with Crippen molar-refractivity contribution in [3.8, 4) is 0 Å². The maximum atomic E-state index is 11.5. The van der Waals surface area contributed by atoms with Crippen molar-refractivity contribution >= 4 is 5.78 Å². The van der Waals surface area contributed by atoms with E-state index in [-0.39, 0.29) is 17.9 Å². The molecule has 0 radical (unpaired) electrons. The second-order valence-electron chi connectivity index (χ2n) is 4.13. The molecule has 0 aromatic rings. The summed E-state index contributed by atoms with van der Waals surface area (Å²) >= 11 is 0. The average molecular weight is 154 g/mol. The molecule has 0 spiro atoms. The first kappa shape index (κ1) is 7.29. The molecule has 0 saturated heterocycles. The highest BCUT2D eigenvalue weighted by atomic mass is 16.3. The maximum Gasteiger partial charge on any atom is 0.142 e. The van der Waals surface area contributed by atoms with Crippen molar-refractivity contribution < 1.29 is 9.90 Å². The third-order valence-electron chi connectivity index (χ3n) is 3.39. The van der Waals surface area contributed by atoms with Crippen molar-refractivity contribution in [2.45, 2.75) is 26.2 Å². The molecule has 2 aliphatic rings. The van der Waals surface area contributed by atoms with E-state index < -0.39 is 0 Å². The molecular formula is C9H14O2. The predicted octanol–water partition coefficient (Wildman–Crippen LogP) is 0.984. The highest BCUT2D eigenvalue weighted by Crippen LogP contribution is 2.63. The van der Waals surface area contributed by atoms with E-state index in [2.05, 4.69) is 6.92 Å². The second-order valence-corrected chi connectivity index (χ2v) is 4.13. The Bertz CT molecular complexity index is 200. The van der Waals surface area contributed by atoms with E-state index in [9.17, 15) is 4.79 Å². The van der Waals surface area contributed by atoms with Crippen molar-refractivity contribution in [1.82, 2.24) is 0 Å². The largest absolute Gasteiger partial charge is 0.396 e. The van der Waals surface area contributed by atoms with Gasteiger partial charge in [0.1, 0.15) is 5.78 Å². The highest BCUT2D eigenvalue weighted by molar-refractivity contribution is 5.92. The van der Waals surface area contributed by atoms with E-state index in [0.29, 0.717) is 18.1 Å². The molecule has 0 bridgehead atoms. The number of hydrogen-bond acceptors (Lipinski definition) is 2. The van der Waals surface area contributed by atoms with Gasteiger partial charge >= 0.3 is 0 Å². The second kappa shape index (κ2) is 2.07. The zero-order valence-corrected chi connectivity index (χ0v) is 6.84. The van der Waals surface area contributed by atoms with E-state index in [1.165, 1.54) is 0 Å². The SMILES string of the molecule is C[C@@]12C[C@@H]1C[C@@H](CCO)C2=O. The Morgan fingerprint density at radius 1 is 1.73 bits per heavy atom. The van der Waals surface area contributed by atoms with Gasteiger partial charge < -0.3 is 5.11 Å². The number of carbonyl (C=O) groups is 1. The van der Waals surface area contributed by atoms with Gasteiger partial charge in [-0.05, 0) is 25.2 Å². The van der Waals surface area contributed by atoms with Gasteiger partial charge in [-0.2, -0.15) is 0 Å². The number of ketones is 1. The number of rotatable bonds is 2. The minimum absolute atomic E-state index is 0.0415. The van der Waals surface area contributed by atoms with Gasteiger partial charge in [0.2, 0.25) is 0 Å². The fourth-order valence-corrected chi connectivity index (χ4v) is 2.42. The van der Waals surface area contributed by atoms with Crippen LogP contribution in [-0.4, -0.2) is 17.5 Å². The van der Waals surface area contributed by atoms with Gasteiger partial charge in [-0.1, -0.05) is 6.92 Å². The third kappa shape index (κ3) is 0.853. The van der Waals surface area contributed by atoms with E-state index >= 15 is 0 Å². The molecule has 11 heavy (non-hydrogen) atoms.